The molecule has 0 fully saturated rings. The summed E-state index contributed by atoms with van der Waals surface area (Å²) in [4.78, 5) is 12.4. The van der Waals surface area contributed by atoms with Crippen LogP contribution < -0.4 is 5.32 Å². The van der Waals surface area contributed by atoms with Crippen LogP contribution in [0, 0.1) is 6.92 Å². The first kappa shape index (κ1) is 21.2. The highest BCUT2D eigenvalue weighted by atomic mass is 35.5. The maximum Gasteiger partial charge on any atom is 0.242 e. The summed E-state index contributed by atoms with van der Waals surface area (Å²) in [6.07, 6.45) is 0.863. The van der Waals surface area contributed by atoms with E-state index in [1.165, 1.54) is 26.2 Å². The Morgan fingerprint density at radius 1 is 1.21 bits per heavy atom. The van der Waals surface area contributed by atoms with E-state index in [4.69, 9.17) is 11.6 Å². The molecule has 1 amide bonds. The standard InChI is InChI=1S/C19H22ClN5O3S/c1-13-6-7-14(20)11-16(13)21-19(26)5-4-10-25-18-9-8-15(12-17(18)22-23-25)29(27,28)24(2)3/h6-9,11-12H,4-5,10H2,1-3H3,(H,21,26). The zero-order valence-corrected chi connectivity index (χ0v) is 18.0. The van der Waals surface area contributed by atoms with Crippen LogP contribution in [0.2, 0.25) is 5.02 Å². The fourth-order valence-corrected chi connectivity index (χ4v) is 3.91. The van der Waals surface area contributed by atoms with Gasteiger partial charge in [0.2, 0.25) is 15.9 Å². The van der Waals surface area contributed by atoms with E-state index in [0.29, 0.717) is 41.1 Å². The predicted molar refractivity (Wildman–Crippen MR) is 112 cm³/mol. The van der Waals surface area contributed by atoms with Crippen molar-refractivity contribution >= 4 is 44.3 Å². The van der Waals surface area contributed by atoms with Gasteiger partial charge in [-0.1, -0.05) is 22.9 Å². The first-order valence-corrected chi connectivity index (χ1v) is 10.8. The van der Waals surface area contributed by atoms with Crippen molar-refractivity contribution in [3.05, 3.63) is 47.0 Å². The van der Waals surface area contributed by atoms with Crippen molar-refractivity contribution in [1.29, 1.82) is 0 Å². The molecular weight excluding hydrogens is 414 g/mol. The second-order valence-electron chi connectivity index (χ2n) is 6.86. The Morgan fingerprint density at radius 2 is 1.97 bits per heavy atom. The van der Waals surface area contributed by atoms with Gasteiger partial charge in [-0.3, -0.25) is 4.79 Å². The quantitative estimate of drug-likeness (QED) is 0.615. The van der Waals surface area contributed by atoms with Crippen molar-refractivity contribution < 1.29 is 13.2 Å². The number of benzene rings is 2. The number of amides is 1. The van der Waals surface area contributed by atoms with Gasteiger partial charge in [0.15, 0.2) is 0 Å². The third-order valence-corrected chi connectivity index (χ3v) is 6.56. The molecule has 0 bridgehead atoms. The van der Waals surface area contributed by atoms with Gasteiger partial charge in [-0.2, -0.15) is 0 Å². The number of hydrogen-bond donors (Lipinski definition) is 1. The number of fused-ring (bicyclic) bond motifs is 1. The number of halogens is 1. The van der Waals surface area contributed by atoms with Crippen LogP contribution in [0.15, 0.2) is 41.3 Å². The maximum atomic E-state index is 12.2. The average molecular weight is 436 g/mol. The van der Waals surface area contributed by atoms with Crippen molar-refractivity contribution in [2.24, 2.45) is 0 Å². The van der Waals surface area contributed by atoms with Crippen LogP contribution >= 0.6 is 11.6 Å². The normalized spacial score (nSPS) is 11.9. The van der Waals surface area contributed by atoms with Gasteiger partial charge in [0.1, 0.15) is 5.52 Å². The molecule has 3 rings (SSSR count). The van der Waals surface area contributed by atoms with Crippen molar-refractivity contribution in [3.63, 3.8) is 0 Å². The van der Waals surface area contributed by atoms with Crippen LogP contribution in [0.4, 0.5) is 5.69 Å². The number of sulfonamides is 1. The SMILES string of the molecule is Cc1ccc(Cl)cc1NC(=O)CCCn1nnc2cc(S(=O)(=O)N(C)C)ccc21. The zero-order chi connectivity index (χ0) is 21.2. The molecule has 0 spiro atoms. The van der Waals surface area contributed by atoms with E-state index in [1.54, 1.807) is 22.9 Å². The second-order valence-corrected chi connectivity index (χ2v) is 9.45. The highest BCUT2D eigenvalue weighted by Crippen LogP contribution is 2.21. The van der Waals surface area contributed by atoms with Gasteiger partial charge in [0.05, 0.1) is 10.4 Å². The number of anilines is 1. The largest absolute Gasteiger partial charge is 0.326 e. The van der Waals surface area contributed by atoms with Gasteiger partial charge < -0.3 is 5.32 Å². The van der Waals surface area contributed by atoms with Gasteiger partial charge in [0.25, 0.3) is 0 Å². The number of carbonyl (C=O) groups is 1. The van der Waals surface area contributed by atoms with E-state index < -0.39 is 10.0 Å². The van der Waals surface area contributed by atoms with E-state index in [9.17, 15) is 13.2 Å². The molecule has 0 saturated heterocycles. The molecule has 29 heavy (non-hydrogen) atoms. The third-order valence-electron chi connectivity index (χ3n) is 4.51. The Bertz CT molecular complexity index is 1160. The summed E-state index contributed by atoms with van der Waals surface area (Å²) in [6.45, 7) is 2.39. The molecule has 0 atom stereocenters. The van der Waals surface area contributed by atoms with E-state index in [-0.39, 0.29) is 10.8 Å². The molecule has 0 aliphatic heterocycles. The van der Waals surface area contributed by atoms with Crippen LogP contribution in [0.3, 0.4) is 0 Å². The molecule has 0 unspecified atom stereocenters. The van der Waals surface area contributed by atoms with Crippen molar-refractivity contribution in [2.45, 2.75) is 31.2 Å². The molecule has 10 heteroatoms. The summed E-state index contributed by atoms with van der Waals surface area (Å²) in [5.74, 6) is -0.112. The highest BCUT2D eigenvalue weighted by Gasteiger charge is 2.18. The van der Waals surface area contributed by atoms with Crippen LogP contribution in [-0.2, 0) is 21.4 Å². The summed E-state index contributed by atoms with van der Waals surface area (Å²) in [5.41, 5.74) is 2.84. The fraction of sp³-hybridized carbons (Fsp3) is 0.316. The van der Waals surface area contributed by atoms with E-state index in [0.717, 1.165) is 9.87 Å². The van der Waals surface area contributed by atoms with Crippen LogP contribution in [-0.4, -0.2) is 47.7 Å². The Kier molecular flexibility index (Phi) is 6.21. The molecule has 0 aliphatic rings. The molecule has 2 aromatic carbocycles. The highest BCUT2D eigenvalue weighted by molar-refractivity contribution is 7.89. The van der Waals surface area contributed by atoms with Crippen molar-refractivity contribution in [2.75, 3.05) is 19.4 Å². The lowest BCUT2D eigenvalue weighted by Crippen LogP contribution is -2.22. The van der Waals surface area contributed by atoms with Gasteiger partial charge in [-0.25, -0.2) is 17.4 Å². The Labute approximate surface area is 174 Å². The zero-order valence-electron chi connectivity index (χ0n) is 16.4. The topological polar surface area (TPSA) is 97.2 Å². The first-order valence-electron chi connectivity index (χ1n) is 9.00. The summed E-state index contributed by atoms with van der Waals surface area (Å²) in [6, 6.07) is 10.1. The fourth-order valence-electron chi connectivity index (χ4n) is 2.82. The maximum absolute atomic E-state index is 12.2. The number of aromatic nitrogens is 3. The molecular formula is C19H22ClN5O3S. The molecule has 0 radical (unpaired) electrons. The molecule has 0 aliphatic carbocycles. The van der Waals surface area contributed by atoms with Crippen LogP contribution in [0.1, 0.15) is 18.4 Å². The minimum Gasteiger partial charge on any atom is -0.326 e. The molecule has 154 valence electrons. The molecule has 0 saturated carbocycles. The van der Waals surface area contributed by atoms with E-state index in [2.05, 4.69) is 15.6 Å². The first-order chi connectivity index (χ1) is 13.7. The minimum absolute atomic E-state index is 0.112. The van der Waals surface area contributed by atoms with Crippen LogP contribution in [0.25, 0.3) is 11.0 Å². The second kappa shape index (κ2) is 8.48. The Balaban J connectivity index is 1.64. The summed E-state index contributed by atoms with van der Waals surface area (Å²) >= 11 is 5.97. The number of aryl methyl sites for hydroxylation is 2. The number of carbonyl (C=O) groups excluding carboxylic acids is 1. The lowest BCUT2D eigenvalue weighted by Gasteiger charge is -2.11. The Morgan fingerprint density at radius 3 is 2.69 bits per heavy atom. The number of rotatable bonds is 7. The predicted octanol–water partition coefficient (Wildman–Crippen LogP) is 3.06. The van der Waals surface area contributed by atoms with Gasteiger partial charge in [-0.05, 0) is 49.2 Å². The van der Waals surface area contributed by atoms with E-state index >= 15 is 0 Å². The molecule has 3 aromatic rings. The van der Waals surface area contributed by atoms with Gasteiger partial charge >= 0.3 is 0 Å². The summed E-state index contributed by atoms with van der Waals surface area (Å²) in [5, 5.41) is 11.6. The summed E-state index contributed by atoms with van der Waals surface area (Å²) < 4.78 is 27.3. The smallest absolute Gasteiger partial charge is 0.242 e. The molecule has 8 nitrogen and oxygen atoms in total. The van der Waals surface area contributed by atoms with Gasteiger partial charge in [-0.15, -0.1) is 5.10 Å². The number of nitrogens with one attached hydrogen (secondary N) is 1. The molecule has 1 N–H and O–H groups in total. The third kappa shape index (κ3) is 4.75. The lowest BCUT2D eigenvalue weighted by atomic mass is 10.2. The van der Waals surface area contributed by atoms with Crippen molar-refractivity contribution in [1.82, 2.24) is 19.3 Å². The Hall–Kier alpha value is -2.49. The number of nitrogens with zero attached hydrogens (tertiary/aromatic N) is 4. The van der Waals surface area contributed by atoms with E-state index in [1.807, 2.05) is 13.0 Å². The van der Waals surface area contributed by atoms with Crippen LogP contribution in [0.5, 0.6) is 0 Å². The molecule has 1 heterocycles. The van der Waals surface area contributed by atoms with Crippen molar-refractivity contribution in [3.8, 4) is 0 Å². The summed E-state index contributed by atoms with van der Waals surface area (Å²) in [7, 11) is -0.573. The minimum atomic E-state index is -3.53. The molecule has 1 aromatic heterocycles. The lowest BCUT2D eigenvalue weighted by molar-refractivity contribution is -0.116. The monoisotopic (exact) mass is 435 g/mol. The number of hydrogen-bond acceptors (Lipinski definition) is 5. The van der Waals surface area contributed by atoms with Gasteiger partial charge in [0, 0.05) is 37.8 Å². The average Bonchev–Trinajstić information content (AvgIpc) is 3.07.